The lowest BCUT2D eigenvalue weighted by molar-refractivity contribution is -0.117. The van der Waals surface area contributed by atoms with Crippen LogP contribution in [0.25, 0.3) is 0 Å². The second-order valence-electron chi connectivity index (χ2n) is 6.87. The molecule has 1 atom stereocenters. The van der Waals surface area contributed by atoms with E-state index in [1.54, 1.807) is 0 Å². The van der Waals surface area contributed by atoms with E-state index in [2.05, 4.69) is 34.6 Å². The van der Waals surface area contributed by atoms with E-state index < -0.39 is 0 Å². The van der Waals surface area contributed by atoms with Crippen LogP contribution in [0.4, 0.5) is 5.69 Å². The maximum absolute atomic E-state index is 12.0. The number of hydrogen-bond acceptors (Lipinski definition) is 4. The number of benzene rings is 1. The molecule has 3 rings (SSSR count). The van der Waals surface area contributed by atoms with Gasteiger partial charge in [-0.15, -0.1) is 0 Å². The first-order chi connectivity index (χ1) is 11.7. The van der Waals surface area contributed by atoms with Crippen molar-refractivity contribution >= 4 is 11.6 Å². The van der Waals surface area contributed by atoms with Crippen LogP contribution in [0.15, 0.2) is 18.2 Å². The van der Waals surface area contributed by atoms with Crippen LogP contribution in [0.5, 0.6) is 5.75 Å². The van der Waals surface area contributed by atoms with Gasteiger partial charge in [0.1, 0.15) is 5.75 Å². The third-order valence-electron chi connectivity index (χ3n) is 4.86. The third kappa shape index (κ3) is 4.48. The number of amides is 1. The van der Waals surface area contributed by atoms with E-state index in [1.807, 2.05) is 13.0 Å². The Morgan fingerprint density at radius 2 is 2.12 bits per heavy atom. The summed E-state index contributed by atoms with van der Waals surface area (Å²) < 4.78 is 5.77. The first-order valence-corrected chi connectivity index (χ1v) is 9.18. The van der Waals surface area contributed by atoms with Gasteiger partial charge in [-0.1, -0.05) is 6.07 Å². The molecule has 5 nitrogen and oxygen atoms in total. The number of ether oxygens (including phenoxy) is 1. The number of piperazine rings is 1. The summed E-state index contributed by atoms with van der Waals surface area (Å²) in [5, 5.41) is 6.42. The molecule has 1 aromatic rings. The quantitative estimate of drug-likeness (QED) is 0.805. The zero-order valence-electron chi connectivity index (χ0n) is 14.8. The van der Waals surface area contributed by atoms with E-state index in [0.29, 0.717) is 12.6 Å². The fourth-order valence-electron chi connectivity index (χ4n) is 3.25. The number of hydrogen-bond donors (Lipinski definition) is 2. The van der Waals surface area contributed by atoms with Gasteiger partial charge in [0.25, 0.3) is 0 Å². The van der Waals surface area contributed by atoms with Gasteiger partial charge in [0.05, 0.1) is 12.3 Å². The zero-order valence-corrected chi connectivity index (χ0v) is 14.8. The van der Waals surface area contributed by atoms with Gasteiger partial charge in [0, 0.05) is 38.1 Å². The molecule has 1 saturated carbocycles. The Morgan fingerprint density at radius 3 is 2.79 bits per heavy atom. The van der Waals surface area contributed by atoms with Gasteiger partial charge >= 0.3 is 0 Å². The third-order valence-corrected chi connectivity index (χ3v) is 4.86. The van der Waals surface area contributed by atoms with Crippen molar-refractivity contribution in [2.75, 3.05) is 38.1 Å². The molecule has 5 heteroatoms. The minimum Gasteiger partial charge on any atom is -0.492 e. The van der Waals surface area contributed by atoms with Crippen molar-refractivity contribution in [1.82, 2.24) is 10.2 Å². The summed E-state index contributed by atoms with van der Waals surface area (Å²) in [6.07, 6.45) is 3.02. The van der Waals surface area contributed by atoms with Crippen LogP contribution >= 0.6 is 0 Å². The first-order valence-electron chi connectivity index (χ1n) is 9.18. The standard InChI is InChI=1S/C19H29N3O2/c1-3-24-18-13-15(12-14(2)22-10-8-20-9-11-22)4-7-17(18)21-19(23)16-5-6-16/h4,7,13-14,16,20H,3,5-6,8-12H2,1-2H3,(H,21,23). The molecule has 2 aliphatic rings. The number of rotatable bonds is 7. The number of anilines is 1. The molecule has 2 N–H and O–H groups in total. The zero-order chi connectivity index (χ0) is 16.9. The Bertz CT molecular complexity index is 566. The van der Waals surface area contributed by atoms with E-state index in [1.165, 1.54) is 5.56 Å². The lowest BCUT2D eigenvalue weighted by atomic mass is 10.0. The first kappa shape index (κ1) is 17.2. The van der Waals surface area contributed by atoms with Gasteiger partial charge in [0.15, 0.2) is 0 Å². The monoisotopic (exact) mass is 331 g/mol. The average Bonchev–Trinajstić information content (AvgIpc) is 3.43. The molecule has 1 amide bonds. The lowest BCUT2D eigenvalue weighted by Crippen LogP contribution is -2.48. The van der Waals surface area contributed by atoms with E-state index in [-0.39, 0.29) is 11.8 Å². The number of carbonyl (C=O) groups is 1. The van der Waals surface area contributed by atoms with Crippen molar-refractivity contribution in [3.63, 3.8) is 0 Å². The van der Waals surface area contributed by atoms with Crippen molar-refractivity contribution in [1.29, 1.82) is 0 Å². The van der Waals surface area contributed by atoms with Gasteiger partial charge < -0.3 is 15.4 Å². The Morgan fingerprint density at radius 1 is 1.38 bits per heavy atom. The number of nitrogens with one attached hydrogen (secondary N) is 2. The molecule has 1 unspecified atom stereocenters. The summed E-state index contributed by atoms with van der Waals surface area (Å²) >= 11 is 0. The van der Waals surface area contributed by atoms with Crippen LogP contribution in [-0.2, 0) is 11.2 Å². The molecule has 2 fully saturated rings. The smallest absolute Gasteiger partial charge is 0.227 e. The van der Waals surface area contributed by atoms with E-state index in [4.69, 9.17) is 4.74 Å². The Hall–Kier alpha value is -1.59. The van der Waals surface area contributed by atoms with Gasteiger partial charge in [-0.2, -0.15) is 0 Å². The molecule has 1 saturated heterocycles. The molecular weight excluding hydrogens is 302 g/mol. The molecule has 0 bridgehead atoms. The summed E-state index contributed by atoms with van der Waals surface area (Å²) in [4.78, 5) is 14.5. The van der Waals surface area contributed by atoms with Gasteiger partial charge in [-0.3, -0.25) is 9.69 Å². The number of carbonyl (C=O) groups excluding carboxylic acids is 1. The fraction of sp³-hybridized carbons (Fsp3) is 0.632. The summed E-state index contributed by atoms with van der Waals surface area (Å²) in [6, 6.07) is 6.70. The largest absolute Gasteiger partial charge is 0.492 e. The highest BCUT2D eigenvalue weighted by molar-refractivity contribution is 5.95. The van der Waals surface area contributed by atoms with Crippen molar-refractivity contribution in [3.8, 4) is 5.75 Å². The minimum absolute atomic E-state index is 0.123. The maximum Gasteiger partial charge on any atom is 0.227 e. The second-order valence-corrected chi connectivity index (χ2v) is 6.87. The van der Waals surface area contributed by atoms with Crippen LogP contribution < -0.4 is 15.4 Å². The van der Waals surface area contributed by atoms with E-state index in [9.17, 15) is 4.79 Å². The summed E-state index contributed by atoms with van der Waals surface area (Å²) in [5.74, 6) is 1.11. The molecular formula is C19H29N3O2. The highest BCUT2D eigenvalue weighted by Crippen LogP contribution is 2.33. The molecule has 0 radical (unpaired) electrons. The van der Waals surface area contributed by atoms with Gasteiger partial charge in [-0.05, 0) is 50.8 Å². The van der Waals surface area contributed by atoms with Crippen molar-refractivity contribution in [3.05, 3.63) is 23.8 Å². The summed E-state index contributed by atoms with van der Waals surface area (Å²) in [6.45, 7) is 9.21. The Kier molecular flexibility index (Phi) is 5.74. The maximum atomic E-state index is 12.0. The SMILES string of the molecule is CCOc1cc(CC(C)N2CCNCC2)ccc1NC(=O)C1CC1. The van der Waals surface area contributed by atoms with Crippen LogP contribution in [0.3, 0.4) is 0 Å². The molecule has 24 heavy (non-hydrogen) atoms. The topological polar surface area (TPSA) is 53.6 Å². The van der Waals surface area contributed by atoms with Crippen molar-refractivity contribution in [2.45, 2.75) is 39.2 Å². The normalized spacial score (nSPS) is 19.8. The average molecular weight is 331 g/mol. The Labute approximate surface area is 144 Å². The number of nitrogens with zero attached hydrogens (tertiary/aromatic N) is 1. The summed E-state index contributed by atoms with van der Waals surface area (Å²) in [7, 11) is 0. The van der Waals surface area contributed by atoms with Crippen LogP contribution in [0.1, 0.15) is 32.3 Å². The molecule has 1 aliphatic heterocycles. The molecule has 0 aromatic heterocycles. The summed E-state index contributed by atoms with van der Waals surface area (Å²) in [5.41, 5.74) is 2.06. The molecule has 1 aromatic carbocycles. The van der Waals surface area contributed by atoms with E-state index >= 15 is 0 Å². The van der Waals surface area contributed by atoms with Crippen molar-refractivity contribution in [2.24, 2.45) is 5.92 Å². The molecule has 132 valence electrons. The molecule has 1 aliphatic carbocycles. The highest BCUT2D eigenvalue weighted by Gasteiger charge is 2.30. The van der Waals surface area contributed by atoms with Crippen LogP contribution in [-0.4, -0.2) is 49.6 Å². The predicted octanol–water partition coefficient (Wildman–Crippen LogP) is 2.27. The van der Waals surface area contributed by atoms with Gasteiger partial charge in [0.2, 0.25) is 5.91 Å². The second kappa shape index (κ2) is 7.99. The van der Waals surface area contributed by atoms with Crippen molar-refractivity contribution < 1.29 is 9.53 Å². The predicted molar refractivity (Wildman–Crippen MR) is 96.6 cm³/mol. The Balaban J connectivity index is 1.66. The van der Waals surface area contributed by atoms with Crippen LogP contribution in [0, 0.1) is 5.92 Å². The minimum atomic E-state index is 0.123. The lowest BCUT2D eigenvalue weighted by Gasteiger charge is -2.33. The molecule has 1 heterocycles. The molecule has 0 spiro atoms. The highest BCUT2D eigenvalue weighted by atomic mass is 16.5. The van der Waals surface area contributed by atoms with Gasteiger partial charge in [-0.25, -0.2) is 0 Å². The fourth-order valence-corrected chi connectivity index (χ4v) is 3.25. The van der Waals surface area contributed by atoms with Crippen LogP contribution in [0.2, 0.25) is 0 Å². The van der Waals surface area contributed by atoms with E-state index in [0.717, 1.165) is 56.9 Å².